The Kier molecular flexibility index (Phi) is 8.29. The summed E-state index contributed by atoms with van der Waals surface area (Å²) < 4.78 is 16.2. The summed E-state index contributed by atoms with van der Waals surface area (Å²) in [4.78, 5) is 4.35. The van der Waals surface area contributed by atoms with Crippen LogP contribution in [-0.4, -0.2) is 33.3 Å². The zero-order valence-corrected chi connectivity index (χ0v) is 16.3. The minimum Gasteiger partial charge on any atom is -0.494 e. The second-order valence-corrected chi connectivity index (χ2v) is 6.19. The number of nitrogens with two attached hydrogens (primary N) is 1. The van der Waals surface area contributed by atoms with E-state index >= 15 is 0 Å². The third-order valence-corrected chi connectivity index (χ3v) is 4.05. The van der Waals surface area contributed by atoms with Gasteiger partial charge in [0.25, 0.3) is 0 Å². The van der Waals surface area contributed by atoms with Crippen molar-refractivity contribution in [3.63, 3.8) is 0 Å². The first-order valence-corrected chi connectivity index (χ1v) is 9.06. The molecule has 0 heterocycles. The highest BCUT2D eigenvalue weighted by atomic mass is 16.5. The third kappa shape index (κ3) is 7.09. The Morgan fingerprint density at radius 3 is 2.44 bits per heavy atom. The number of nitrogens with one attached hydrogen (secondary N) is 1. The van der Waals surface area contributed by atoms with E-state index in [9.17, 15) is 0 Å². The van der Waals surface area contributed by atoms with E-state index in [-0.39, 0.29) is 0 Å². The number of nitrogens with zero attached hydrogens (tertiary/aromatic N) is 1. The van der Waals surface area contributed by atoms with Crippen LogP contribution in [0.2, 0.25) is 0 Å². The predicted molar refractivity (Wildman–Crippen MR) is 109 cm³/mol. The highest BCUT2D eigenvalue weighted by Crippen LogP contribution is 2.27. The van der Waals surface area contributed by atoms with E-state index < -0.39 is 0 Å². The Morgan fingerprint density at radius 1 is 1.00 bits per heavy atom. The minimum absolute atomic E-state index is 0.434. The summed E-state index contributed by atoms with van der Waals surface area (Å²) in [5, 5.41) is 3.13. The molecule has 0 radical (unpaired) electrons. The molecule has 27 heavy (non-hydrogen) atoms. The number of aliphatic imine (C=N–C) groups is 1. The van der Waals surface area contributed by atoms with Crippen LogP contribution in [0.4, 0.5) is 0 Å². The number of rotatable bonds is 10. The van der Waals surface area contributed by atoms with Crippen molar-refractivity contribution in [3.8, 4) is 17.2 Å². The molecule has 146 valence electrons. The molecule has 2 aromatic rings. The SMILES string of the molecule is COc1ccc(CN=C(N)NCCCCOc2ccc(C)cc2)cc1OC. The topological polar surface area (TPSA) is 78.1 Å². The number of aryl methyl sites for hydroxylation is 1. The summed E-state index contributed by atoms with van der Waals surface area (Å²) in [5.41, 5.74) is 8.15. The van der Waals surface area contributed by atoms with Gasteiger partial charge in [-0.15, -0.1) is 0 Å². The number of methoxy groups -OCH3 is 2. The highest BCUT2D eigenvalue weighted by Gasteiger charge is 2.04. The van der Waals surface area contributed by atoms with Crippen LogP contribution in [0, 0.1) is 6.92 Å². The summed E-state index contributed by atoms with van der Waals surface area (Å²) in [5.74, 6) is 2.73. The van der Waals surface area contributed by atoms with Gasteiger partial charge in [0.1, 0.15) is 5.75 Å². The third-order valence-electron chi connectivity index (χ3n) is 4.05. The van der Waals surface area contributed by atoms with Crippen LogP contribution >= 0.6 is 0 Å². The fraction of sp³-hybridized carbons (Fsp3) is 0.381. The summed E-state index contributed by atoms with van der Waals surface area (Å²) >= 11 is 0. The molecule has 0 aliphatic heterocycles. The lowest BCUT2D eigenvalue weighted by atomic mass is 10.2. The lowest BCUT2D eigenvalue weighted by molar-refractivity contribution is 0.307. The van der Waals surface area contributed by atoms with Crippen molar-refractivity contribution in [3.05, 3.63) is 53.6 Å². The van der Waals surface area contributed by atoms with Crippen molar-refractivity contribution in [1.82, 2.24) is 5.32 Å². The molecular formula is C21H29N3O3. The molecule has 0 atom stereocenters. The number of ether oxygens (including phenoxy) is 3. The van der Waals surface area contributed by atoms with Gasteiger partial charge in [-0.05, 0) is 49.6 Å². The molecule has 0 spiro atoms. The fourth-order valence-corrected chi connectivity index (χ4v) is 2.48. The predicted octanol–water partition coefficient (Wildman–Crippen LogP) is 3.28. The van der Waals surface area contributed by atoms with E-state index in [1.807, 2.05) is 42.5 Å². The lowest BCUT2D eigenvalue weighted by Crippen LogP contribution is -2.32. The normalized spacial score (nSPS) is 11.1. The molecule has 0 aromatic heterocycles. The summed E-state index contributed by atoms with van der Waals surface area (Å²) in [7, 11) is 3.23. The van der Waals surface area contributed by atoms with Gasteiger partial charge in [-0.25, -0.2) is 4.99 Å². The van der Waals surface area contributed by atoms with Crippen LogP contribution < -0.4 is 25.3 Å². The molecule has 0 aliphatic carbocycles. The van der Waals surface area contributed by atoms with Crippen LogP contribution in [0.25, 0.3) is 0 Å². The quantitative estimate of drug-likeness (QED) is 0.381. The second kappa shape index (κ2) is 11.0. The molecule has 0 bridgehead atoms. The van der Waals surface area contributed by atoms with Gasteiger partial charge in [-0.3, -0.25) is 0 Å². The highest BCUT2D eigenvalue weighted by molar-refractivity contribution is 5.77. The Bertz CT molecular complexity index is 730. The molecule has 6 nitrogen and oxygen atoms in total. The van der Waals surface area contributed by atoms with Crippen LogP contribution in [0.3, 0.4) is 0 Å². The van der Waals surface area contributed by atoms with Crippen molar-refractivity contribution < 1.29 is 14.2 Å². The molecule has 3 N–H and O–H groups in total. The van der Waals surface area contributed by atoms with Gasteiger partial charge in [0.15, 0.2) is 17.5 Å². The number of guanidine groups is 1. The molecule has 0 fully saturated rings. The first kappa shape index (κ1) is 20.4. The van der Waals surface area contributed by atoms with Gasteiger partial charge in [-0.1, -0.05) is 23.8 Å². The van der Waals surface area contributed by atoms with Crippen LogP contribution in [-0.2, 0) is 6.54 Å². The summed E-state index contributed by atoms with van der Waals surface area (Å²) in [6, 6.07) is 13.8. The summed E-state index contributed by atoms with van der Waals surface area (Å²) in [6.07, 6.45) is 1.91. The van der Waals surface area contributed by atoms with Gasteiger partial charge >= 0.3 is 0 Å². The maximum atomic E-state index is 5.92. The van der Waals surface area contributed by atoms with Gasteiger partial charge in [0.05, 0.1) is 27.4 Å². The molecule has 0 saturated carbocycles. The first-order chi connectivity index (χ1) is 13.1. The maximum absolute atomic E-state index is 5.92. The van der Waals surface area contributed by atoms with Crippen molar-refractivity contribution >= 4 is 5.96 Å². The fourth-order valence-electron chi connectivity index (χ4n) is 2.48. The standard InChI is InChI=1S/C21H29N3O3/c1-16-6-9-18(10-7-16)27-13-5-4-12-23-21(22)24-15-17-8-11-19(25-2)20(14-17)26-3/h6-11,14H,4-5,12-13,15H2,1-3H3,(H3,22,23,24). The number of hydrogen-bond donors (Lipinski definition) is 2. The van der Waals surface area contributed by atoms with E-state index in [4.69, 9.17) is 19.9 Å². The van der Waals surface area contributed by atoms with E-state index in [1.165, 1.54) is 5.56 Å². The molecule has 0 aliphatic rings. The van der Waals surface area contributed by atoms with E-state index in [0.29, 0.717) is 30.6 Å². The number of hydrogen-bond acceptors (Lipinski definition) is 4. The maximum Gasteiger partial charge on any atom is 0.188 e. The van der Waals surface area contributed by atoms with Crippen molar-refractivity contribution in [2.24, 2.45) is 10.7 Å². The zero-order chi connectivity index (χ0) is 19.5. The van der Waals surface area contributed by atoms with E-state index in [2.05, 4.69) is 17.2 Å². The Hall–Kier alpha value is -2.89. The molecule has 6 heteroatoms. The van der Waals surface area contributed by atoms with Gasteiger partial charge < -0.3 is 25.3 Å². The monoisotopic (exact) mass is 371 g/mol. The number of benzene rings is 2. The van der Waals surface area contributed by atoms with Crippen molar-refractivity contribution in [2.75, 3.05) is 27.4 Å². The summed E-state index contributed by atoms with van der Waals surface area (Å²) in [6.45, 7) is 3.99. The van der Waals surface area contributed by atoms with E-state index in [1.54, 1.807) is 14.2 Å². The van der Waals surface area contributed by atoms with Crippen molar-refractivity contribution in [1.29, 1.82) is 0 Å². The lowest BCUT2D eigenvalue weighted by Gasteiger charge is -2.09. The first-order valence-electron chi connectivity index (χ1n) is 9.06. The van der Waals surface area contributed by atoms with Crippen molar-refractivity contribution in [2.45, 2.75) is 26.3 Å². The molecular weight excluding hydrogens is 342 g/mol. The largest absolute Gasteiger partial charge is 0.494 e. The average Bonchev–Trinajstić information content (AvgIpc) is 2.70. The molecule has 2 aromatic carbocycles. The second-order valence-electron chi connectivity index (χ2n) is 6.19. The molecule has 0 saturated heterocycles. The number of unbranched alkanes of at least 4 members (excludes halogenated alkanes) is 1. The van der Waals surface area contributed by atoms with Crippen LogP contribution in [0.1, 0.15) is 24.0 Å². The molecule has 2 rings (SSSR count). The Labute approximate surface area is 161 Å². The Morgan fingerprint density at radius 2 is 1.74 bits per heavy atom. The van der Waals surface area contributed by atoms with E-state index in [0.717, 1.165) is 30.7 Å². The zero-order valence-electron chi connectivity index (χ0n) is 16.3. The van der Waals surface area contributed by atoms with Gasteiger partial charge in [-0.2, -0.15) is 0 Å². The molecule has 0 unspecified atom stereocenters. The molecule has 0 amide bonds. The average molecular weight is 371 g/mol. The van der Waals surface area contributed by atoms with Crippen LogP contribution in [0.15, 0.2) is 47.5 Å². The van der Waals surface area contributed by atoms with Crippen LogP contribution in [0.5, 0.6) is 17.2 Å². The van der Waals surface area contributed by atoms with Gasteiger partial charge in [0, 0.05) is 6.54 Å². The van der Waals surface area contributed by atoms with Gasteiger partial charge in [0.2, 0.25) is 0 Å². The Balaban J connectivity index is 1.65. The smallest absolute Gasteiger partial charge is 0.188 e. The minimum atomic E-state index is 0.434.